The van der Waals surface area contributed by atoms with Crippen molar-refractivity contribution in [2.24, 2.45) is 13.0 Å². The van der Waals surface area contributed by atoms with E-state index in [2.05, 4.69) is 5.10 Å². The minimum absolute atomic E-state index is 0.0603. The van der Waals surface area contributed by atoms with E-state index in [0.717, 1.165) is 18.5 Å². The van der Waals surface area contributed by atoms with Crippen LogP contribution in [0, 0.1) is 5.92 Å². The molecule has 3 rings (SSSR count). The molecular formula is C17H25N3O3. The van der Waals surface area contributed by atoms with Crippen molar-refractivity contribution in [2.45, 2.75) is 57.4 Å². The third kappa shape index (κ3) is 2.99. The first-order valence-corrected chi connectivity index (χ1v) is 8.56. The summed E-state index contributed by atoms with van der Waals surface area (Å²) in [6.07, 6.45) is 8.14. The van der Waals surface area contributed by atoms with Gasteiger partial charge in [-0.3, -0.25) is 14.3 Å². The number of nitrogens with zero attached hydrogens (tertiary/aromatic N) is 3. The molecule has 1 aromatic heterocycles. The Morgan fingerprint density at radius 3 is 2.52 bits per heavy atom. The molecule has 1 aliphatic carbocycles. The van der Waals surface area contributed by atoms with E-state index in [0.29, 0.717) is 24.4 Å². The van der Waals surface area contributed by atoms with Crippen LogP contribution in [0.15, 0.2) is 6.20 Å². The van der Waals surface area contributed by atoms with Gasteiger partial charge in [-0.25, -0.2) is 0 Å². The van der Waals surface area contributed by atoms with Crippen LogP contribution in [0.1, 0.15) is 67.4 Å². The number of rotatable bonds is 3. The summed E-state index contributed by atoms with van der Waals surface area (Å²) in [7, 11) is 1.84. The highest BCUT2D eigenvalue weighted by Gasteiger charge is 2.39. The number of carboxylic acids is 1. The molecule has 2 aliphatic rings. The number of aromatic nitrogens is 2. The zero-order valence-corrected chi connectivity index (χ0v) is 13.9. The Morgan fingerprint density at radius 2 is 1.91 bits per heavy atom. The predicted molar refractivity (Wildman–Crippen MR) is 85.3 cm³/mol. The van der Waals surface area contributed by atoms with E-state index in [4.69, 9.17) is 0 Å². The van der Waals surface area contributed by atoms with Crippen molar-refractivity contribution in [2.75, 3.05) is 6.54 Å². The first-order valence-electron chi connectivity index (χ1n) is 8.56. The number of aryl methyl sites for hydroxylation is 1. The van der Waals surface area contributed by atoms with Gasteiger partial charge in [0.25, 0.3) is 5.91 Å². The molecule has 2 heterocycles. The van der Waals surface area contributed by atoms with Crippen LogP contribution in [-0.4, -0.2) is 44.3 Å². The van der Waals surface area contributed by atoms with Crippen molar-refractivity contribution < 1.29 is 14.7 Å². The largest absolute Gasteiger partial charge is 0.481 e. The first kappa shape index (κ1) is 16.0. The zero-order chi connectivity index (χ0) is 16.6. The number of carbonyl (C=O) groups excluding carboxylic acids is 1. The molecule has 0 spiro atoms. The van der Waals surface area contributed by atoms with Gasteiger partial charge in [-0.15, -0.1) is 0 Å². The van der Waals surface area contributed by atoms with E-state index in [9.17, 15) is 14.7 Å². The van der Waals surface area contributed by atoms with E-state index < -0.39 is 11.9 Å². The molecule has 2 fully saturated rings. The van der Waals surface area contributed by atoms with Gasteiger partial charge in [0, 0.05) is 31.7 Å². The van der Waals surface area contributed by atoms with Gasteiger partial charge < -0.3 is 10.0 Å². The van der Waals surface area contributed by atoms with Crippen molar-refractivity contribution in [1.29, 1.82) is 0 Å². The lowest BCUT2D eigenvalue weighted by atomic mass is 9.85. The van der Waals surface area contributed by atoms with E-state index in [1.54, 1.807) is 15.8 Å². The predicted octanol–water partition coefficient (Wildman–Crippen LogP) is 2.40. The molecule has 0 radical (unpaired) electrons. The SMILES string of the molecule is CC1C(C(=O)O)CCN1C(=O)c1cn(C)nc1C1CCCCC1. The summed E-state index contributed by atoms with van der Waals surface area (Å²) in [6.45, 7) is 2.34. The Morgan fingerprint density at radius 1 is 1.22 bits per heavy atom. The minimum Gasteiger partial charge on any atom is -0.481 e. The Hall–Kier alpha value is -1.85. The standard InChI is InChI=1S/C17H25N3O3/c1-11-13(17(22)23)8-9-20(11)16(21)14-10-19(2)18-15(14)12-6-4-3-5-7-12/h10-13H,3-9H2,1-2H3,(H,22,23). The molecule has 1 saturated carbocycles. The summed E-state index contributed by atoms with van der Waals surface area (Å²) in [4.78, 5) is 26.0. The highest BCUT2D eigenvalue weighted by Crippen LogP contribution is 2.35. The van der Waals surface area contributed by atoms with Crippen LogP contribution in [0.4, 0.5) is 0 Å². The number of aliphatic carboxylic acids is 1. The van der Waals surface area contributed by atoms with Gasteiger partial charge in [-0.1, -0.05) is 19.3 Å². The Bertz CT molecular complexity index is 604. The molecule has 126 valence electrons. The molecule has 0 aromatic carbocycles. The maximum absolute atomic E-state index is 13.0. The quantitative estimate of drug-likeness (QED) is 0.928. The van der Waals surface area contributed by atoms with Crippen LogP contribution in [-0.2, 0) is 11.8 Å². The molecule has 23 heavy (non-hydrogen) atoms. The summed E-state index contributed by atoms with van der Waals surface area (Å²) in [5.41, 5.74) is 1.57. The average Bonchev–Trinajstić information content (AvgIpc) is 3.11. The van der Waals surface area contributed by atoms with Crippen LogP contribution in [0.3, 0.4) is 0 Å². The number of carboxylic acid groups (broad SMARTS) is 1. The van der Waals surface area contributed by atoms with Gasteiger partial charge in [0.1, 0.15) is 0 Å². The van der Waals surface area contributed by atoms with E-state index in [-0.39, 0.29) is 11.9 Å². The van der Waals surface area contributed by atoms with Gasteiger partial charge in [0.05, 0.1) is 17.2 Å². The highest BCUT2D eigenvalue weighted by atomic mass is 16.4. The molecular weight excluding hydrogens is 294 g/mol. The fraction of sp³-hybridized carbons (Fsp3) is 0.706. The molecule has 1 aliphatic heterocycles. The van der Waals surface area contributed by atoms with Crippen molar-refractivity contribution in [3.05, 3.63) is 17.5 Å². The summed E-state index contributed by atoms with van der Waals surface area (Å²) in [5, 5.41) is 13.8. The van der Waals surface area contributed by atoms with Crippen molar-refractivity contribution in [3.63, 3.8) is 0 Å². The molecule has 6 nitrogen and oxygen atoms in total. The molecule has 1 N–H and O–H groups in total. The van der Waals surface area contributed by atoms with Crippen molar-refractivity contribution >= 4 is 11.9 Å². The number of carbonyl (C=O) groups is 2. The molecule has 1 saturated heterocycles. The third-order valence-electron chi connectivity index (χ3n) is 5.41. The number of hydrogen-bond donors (Lipinski definition) is 1. The van der Waals surface area contributed by atoms with Crippen LogP contribution >= 0.6 is 0 Å². The van der Waals surface area contributed by atoms with E-state index >= 15 is 0 Å². The number of amides is 1. The molecule has 1 aromatic rings. The Labute approximate surface area is 136 Å². The third-order valence-corrected chi connectivity index (χ3v) is 5.41. The maximum Gasteiger partial charge on any atom is 0.308 e. The van der Waals surface area contributed by atoms with E-state index in [1.165, 1.54) is 19.3 Å². The smallest absolute Gasteiger partial charge is 0.308 e. The normalized spacial score (nSPS) is 25.7. The van der Waals surface area contributed by atoms with Crippen LogP contribution < -0.4 is 0 Å². The second-order valence-corrected chi connectivity index (χ2v) is 6.91. The topological polar surface area (TPSA) is 75.4 Å². The fourth-order valence-electron chi connectivity index (χ4n) is 4.06. The lowest BCUT2D eigenvalue weighted by Gasteiger charge is -2.25. The monoisotopic (exact) mass is 319 g/mol. The molecule has 6 heteroatoms. The molecule has 2 unspecified atom stereocenters. The lowest BCUT2D eigenvalue weighted by molar-refractivity contribution is -0.142. The van der Waals surface area contributed by atoms with Gasteiger partial charge in [0.2, 0.25) is 0 Å². The van der Waals surface area contributed by atoms with Gasteiger partial charge in [0.15, 0.2) is 0 Å². The number of likely N-dealkylation sites (tertiary alicyclic amines) is 1. The minimum atomic E-state index is -0.813. The molecule has 0 bridgehead atoms. The van der Waals surface area contributed by atoms with Crippen LogP contribution in [0.25, 0.3) is 0 Å². The summed E-state index contributed by atoms with van der Waals surface area (Å²) in [5.74, 6) is -0.979. The van der Waals surface area contributed by atoms with Crippen LogP contribution in [0.5, 0.6) is 0 Å². The second kappa shape index (κ2) is 6.34. The van der Waals surface area contributed by atoms with E-state index in [1.807, 2.05) is 14.0 Å². The summed E-state index contributed by atoms with van der Waals surface area (Å²) >= 11 is 0. The van der Waals surface area contributed by atoms with Gasteiger partial charge >= 0.3 is 5.97 Å². The van der Waals surface area contributed by atoms with Gasteiger partial charge in [-0.05, 0) is 26.2 Å². The number of hydrogen-bond acceptors (Lipinski definition) is 3. The van der Waals surface area contributed by atoms with Crippen molar-refractivity contribution in [1.82, 2.24) is 14.7 Å². The summed E-state index contributed by atoms with van der Waals surface area (Å²) < 4.78 is 1.71. The fourth-order valence-corrected chi connectivity index (χ4v) is 4.06. The second-order valence-electron chi connectivity index (χ2n) is 6.91. The zero-order valence-electron chi connectivity index (χ0n) is 13.9. The first-order chi connectivity index (χ1) is 11.0. The van der Waals surface area contributed by atoms with Crippen molar-refractivity contribution in [3.8, 4) is 0 Å². The maximum atomic E-state index is 13.0. The highest BCUT2D eigenvalue weighted by molar-refractivity contribution is 5.96. The molecule has 1 amide bonds. The lowest BCUT2D eigenvalue weighted by Crippen LogP contribution is -2.38. The molecule has 2 atom stereocenters. The summed E-state index contributed by atoms with van der Waals surface area (Å²) in [6, 6.07) is -0.264. The van der Waals surface area contributed by atoms with Crippen LogP contribution in [0.2, 0.25) is 0 Å². The van der Waals surface area contributed by atoms with Gasteiger partial charge in [-0.2, -0.15) is 5.10 Å². The Kier molecular flexibility index (Phi) is 4.41. The Balaban J connectivity index is 1.84. The average molecular weight is 319 g/mol.